The fourth-order valence-corrected chi connectivity index (χ4v) is 3.61. The van der Waals surface area contributed by atoms with Crippen molar-refractivity contribution in [3.8, 4) is 0 Å². The number of nitrogens with one attached hydrogen (secondary N) is 3. The van der Waals surface area contributed by atoms with Crippen molar-refractivity contribution in [1.82, 2.24) is 15.5 Å². The molecule has 0 radical (unpaired) electrons. The number of rotatable bonds is 5. The molecule has 3 N–H and O–H groups in total. The van der Waals surface area contributed by atoms with E-state index in [1.165, 1.54) is 0 Å². The largest absolute Gasteiger partial charge is 0.416 e. The van der Waals surface area contributed by atoms with Gasteiger partial charge in [0.05, 0.1) is 16.1 Å². The molecule has 0 spiro atoms. The van der Waals surface area contributed by atoms with Gasteiger partial charge in [-0.25, -0.2) is 0 Å². The van der Waals surface area contributed by atoms with Crippen LogP contribution in [0.3, 0.4) is 0 Å². The number of anilines is 1. The number of amides is 1. The van der Waals surface area contributed by atoms with Crippen molar-refractivity contribution in [3.63, 3.8) is 0 Å². The van der Waals surface area contributed by atoms with Crippen LogP contribution in [0.2, 0.25) is 5.02 Å². The van der Waals surface area contributed by atoms with E-state index in [0.29, 0.717) is 5.92 Å². The summed E-state index contributed by atoms with van der Waals surface area (Å²) in [7, 11) is 0. The Bertz CT molecular complexity index is 829. The molecule has 1 aliphatic carbocycles. The summed E-state index contributed by atoms with van der Waals surface area (Å²) in [6, 6.07) is 4.66. The first kappa shape index (κ1) is 20.5. The Balaban J connectivity index is 1.51. The van der Waals surface area contributed by atoms with Gasteiger partial charge in [0.25, 0.3) is 5.91 Å². The first-order valence-corrected chi connectivity index (χ1v) is 9.53. The van der Waals surface area contributed by atoms with Crippen LogP contribution in [-0.2, 0) is 6.18 Å². The number of benzene rings is 1. The summed E-state index contributed by atoms with van der Waals surface area (Å²) in [5.74, 6) is 0.707. The SMILES string of the molecule is Cc1cc(NC[C@H]2CC[C@H](NC(=O)c3cc(C(F)(F)F)ccc3Cl)CC2)n[nH]1. The van der Waals surface area contributed by atoms with Crippen LogP contribution >= 0.6 is 11.6 Å². The molecule has 0 saturated heterocycles. The van der Waals surface area contributed by atoms with Crippen LogP contribution in [0.5, 0.6) is 0 Å². The van der Waals surface area contributed by atoms with E-state index >= 15 is 0 Å². The monoisotopic (exact) mass is 414 g/mol. The van der Waals surface area contributed by atoms with Crippen LogP contribution in [-0.4, -0.2) is 28.7 Å². The van der Waals surface area contributed by atoms with Gasteiger partial charge >= 0.3 is 6.18 Å². The Morgan fingerprint density at radius 3 is 2.57 bits per heavy atom. The third kappa shape index (κ3) is 5.19. The summed E-state index contributed by atoms with van der Waals surface area (Å²) in [5, 5.41) is 13.1. The van der Waals surface area contributed by atoms with E-state index in [2.05, 4.69) is 20.8 Å². The minimum absolute atomic E-state index is 0.0117. The molecule has 1 aliphatic rings. The van der Waals surface area contributed by atoms with Crippen molar-refractivity contribution < 1.29 is 18.0 Å². The van der Waals surface area contributed by atoms with Gasteiger partial charge in [-0.2, -0.15) is 18.3 Å². The number of aryl methyl sites for hydroxylation is 1. The summed E-state index contributed by atoms with van der Waals surface area (Å²) in [5.41, 5.74) is -0.0400. The van der Waals surface area contributed by atoms with Gasteiger partial charge in [0, 0.05) is 24.3 Å². The summed E-state index contributed by atoms with van der Waals surface area (Å²) in [6.45, 7) is 2.73. The highest BCUT2D eigenvalue weighted by Crippen LogP contribution is 2.32. The molecular weight excluding hydrogens is 393 g/mol. The summed E-state index contributed by atoms with van der Waals surface area (Å²) in [6.07, 6.45) is -1.14. The second-order valence-corrected chi connectivity index (χ2v) is 7.61. The van der Waals surface area contributed by atoms with Crippen LogP contribution < -0.4 is 10.6 Å². The van der Waals surface area contributed by atoms with Crippen LogP contribution in [0.4, 0.5) is 19.0 Å². The lowest BCUT2D eigenvalue weighted by molar-refractivity contribution is -0.137. The topological polar surface area (TPSA) is 69.8 Å². The zero-order chi connectivity index (χ0) is 20.3. The number of H-pyrrole nitrogens is 1. The van der Waals surface area contributed by atoms with E-state index in [9.17, 15) is 18.0 Å². The molecule has 1 saturated carbocycles. The number of nitrogens with zero attached hydrogens (tertiary/aromatic N) is 1. The molecule has 0 unspecified atom stereocenters. The number of halogens is 4. The quantitative estimate of drug-likeness (QED) is 0.658. The molecule has 0 atom stereocenters. The average molecular weight is 415 g/mol. The van der Waals surface area contributed by atoms with Gasteiger partial charge in [0.1, 0.15) is 5.82 Å². The highest BCUT2D eigenvalue weighted by molar-refractivity contribution is 6.33. The predicted octanol–water partition coefficient (Wildman–Crippen LogP) is 4.79. The Morgan fingerprint density at radius 1 is 1.25 bits per heavy atom. The zero-order valence-corrected chi connectivity index (χ0v) is 16.1. The van der Waals surface area contributed by atoms with Crippen molar-refractivity contribution in [2.24, 2.45) is 5.92 Å². The standard InChI is InChI=1S/C19H22ClF3N4O/c1-11-8-17(27-26-11)24-10-12-2-5-14(6-3-12)25-18(28)15-9-13(19(21,22)23)4-7-16(15)20/h4,7-9,12,14H,2-3,5-6,10H2,1H3,(H,25,28)(H2,24,26,27)/t12-,14-. The molecule has 1 fully saturated rings. The number of hydrogen-bond donors (Lipinski definition) is 3. The van der Waals surface area contributed by atoms with Crippen molar-refractivity contribution in [2.75, 3.05) is 11.9 Å². The fourth-order valence-electron chi connectivity index (χ4n) is 3.41. The number of hydrogen-bond acceptors (Lipinski definition) is 3. The highest BCUT2D eigenvalue weighted by Gasteiger charge is 2.32. The van der Waals surface area contributed by atoms with E-state index < -0.39 is 17.6 Å². The van der Waals surface area contributed by atoms with Gasteiger partial charge in [-0.15, -0.1) is 0 Å². The van der Waals surface area contributed by atoms with Gasteiger partial charge in [0.15, 0.2) is 0 Å². The number of aromatic nitrogens is 2. The molecule has 1 aromatic carbocycles. The Labute approximate surface area is 166 Å². The lowest BCUT2D eigenvalue weighted by Gasteiger charge is -2.29. The van der Waals surface area contributed by atoms with Gasteiger partial charge in [0.2, 0.25) is 0 Å². The third-order valence-corrected chi connectivity index (χ3v) is 5.33. The van der Waals surface area contributed by atoms with Gasteiger partial charge in [-0.05, 0) is 56.7 Å². The molecule has 1 heterocycles. The number of carbonyl (C=O) groups is 1. The molecule has 1 amide bonds. The summed E-state index contributed by atoms with van der Waals surface area (Å²) in [4.78, 5) is 12.4. The van der Waals surface area contributed by atoms with E-state index in [-0.39, 0.29) is 16.6 Å². The average Bonchev–Trinajstić information content (AvgIpc) is 3.06. The molecule has 9 heteroatoms. The second-order valence-electron chi connectivity index (χ2n) is 7.20. The van der Waals surface area contributed by atoms with E-state index in [4.69, 9.17) is 11.6 Å². The van der Waals surface area contributed by atoms with Crippen molar-refractivity contribution in [3.05, 3.63) is 46.1 Å². The lowest BCUT2D eigenvalue weighted by Crippen LogP contribution is -2.38. The maximum Gasteiger partial charge on any atom is 0.416 e. The van der Waals surface area contributed by atoms with Gasteiger partial charge < -0.3 is 10.6 Å². The van der Waals surface area contributed by atoms with E-state index in [1.807, 2.05) is 13.0 Å². The normalized spacial score (nSPS) is 20.0. The third-order valence-electron chi connectivity index (χ3n) is 5.00. The molecule has 1 aromatic heterocycles. The first-order valence-electron chi connectivity index (χ1n) is 9.16. The molecule has 0 aliphatic heterocycles. The van der Waals surface area contributed by atoms with Crippen LogP contribution in [0.15, 0.2) is 24.3 Å². The zero-order valence-electron chi connectivity index (χ0n) is 15.4. The van der Waals surface area contributed by atoms with Crippen molar-refractivity contribution in [1.29, 1.82) is 0 Å². The number of aromatic amines is 1. The van der Waals surface area contributed by atoms with E-state index in [0.717, 1.165) is 61.9 Å². The number of alkyl halides is 3. The molecule has 2 aromatic rings. The minimum Gasteiger partial charge on any atom is -0.368 e. The molecule has 3 rings (SSSR count). The maximum absolute atomic E-state index is 12.9. The van der Waals surface area contributed by atoms with Crippen molar-refractivity contribution >= 4 is 23.3 Å². The van der Waals surface area contributed by atoms with Gasteiger partial charge in [-0.3, -0.25) is 9.89 Å². The Kier molecular flexibility index (Phi) is 6.17. The molecule has 5 nitrogen and oxygen atoms in total. The smallest absolute Gasteiger partial charge is 0.368 e. The Hall–Kier alpha value is -2.22. The molecule has 152 valence electrons. The van der Waals surface area contributed by atoms with Gasteiger partial charge in [-0.1, -0.05) is 11.6 Å². The Morgan fingerprint density at radius 2 is 1.96 bits per heavy atom. The van der Waals surface area contributed by atoms with E-state index in [1.54, 1.807) is 0 Å². The highest BCUT2D eigenvalue weighted by atomic mass is 35.5. The summed E-state index contributed by atoms with van der Waals surface area (Å²) < 4.78 is 38.6. The first-order chi connectivity index (χ1) is 13.2. The summed E-state index contributed by atoms with van der Waals surface area (Å²) >= 11 is 5.94. The molecular formula is C19H22ClF3N4O. The van der Waals surface area contributed by atoms with Crippen LogP contribution in [0.1, 0.15) is 47.3 Å². The maximum atomic E-state index is 12.9. The predicted molar refractivity (Wildman–Crippen MR) is 101 cm³/mol. The van der Waals surface area contributed by atoms with Crippen LogP contribution in [0.25, 0.3) is 0 Å². The molecule has 28 heavy (non-hydrogen) atoms. The second kappa shape index (κ2) is 8.43. The lowest BCUT2D eigenvalue weighted by atomic mass is 9.86. The number of carbonyl (C=O) groups excluding carboxylic acids is 1. The minimum atomic E-state index is -4.52. The van der Waals surface area contributed by atoms with Crippen LogP contribution in [0, 0.1) is 12.8 Å². The van der Waals surface area contributed by atoms with Crippen molar-refractivity contribution in [2.45, 2.75) is 44.8 Å². The fraction of sp³-hybridized carbons (Fsp3) is 0.474. The molecule has 0 bridgehead atoms.